The molecular formula is C23H25FN4O4. The van der Waals surface area contributed by atoms with Crippen molar-refractivity contribution < 1.29 is 19.0 Å². The number of nitrogens with zero attached hydrogens (tertiary/aromatic N) is 2. The van der Waals surface area contributed by atoms with Gasteiger partial charge in [-0.2, -0.15) is 0 Å². The molecule has 4 rings (SSSR count). The van der Waals surface area contributed by atoms with Crippen molar-refractivity contribution in [2.75, 3.05) is 19.7 Å². The number of halogens is 1. The summed E-state index contributed by atoms with van der Waals surface area (Å²) in [6.07, 6.45) is 3.69. The van der Waals surface area contributed by atoms with E-state index in [0.29, 0.717) is 18.5 Å². The van der Waals surface area contributed by atoms with Crippen molar-refractivity contribution in [3.05, 3.63) is 69.4 Å². The number of carbonyl (C=O) groups excluding carboxylic acids is 1. The van der Waals surface area contributed by atoms with Crippen LogP contribution in [-0.2, 0) is 17.7 Å². The first-order valence-electron chi connectivity index (χ1n) is 10.6. The first-order valence-corrected chi connectivity index (χ1v) is 10.6. The number of hydrogen-bond donors (Lipinski definition) is 3. The SMILES string of the molecule is NCCn1c(=O)c(C(=O)NCC2CCCO2)c(O)c2ncc(Cc3ccc(F)cc3)cc21. The predicted octanol–water partition coefficient (Wildman–Crippen LogP) is 1.70. The van der Waals surface area contributed by atoms with Gasteiger partial charge in [0.2, 0.25) is 0 Å². The number of rotatable bonds is 7. The minimum Gasteiger partial charge on any atom is -0.505 e. The van der Waals surface area contributed by atoms with Gasteiger partial charge in [0.05, 0.1) is 11.6 Å². The number of nitrogens with two attached hydrogens (primary N) is 1. The second kappa shape index (κ2) is 9.46. The first kappa shape index (κ1) is 21.9. The van der Waals surface area contributed by atoms with Gasteiger partial charge in [-0.3, -0.25) is 14.6 Å². The molecular weight excluding hydrogens is 415 g/mol. The minimum atomic E-state index is -0.673. The number of benzene rings is 1. The fourth-order valence-electron chi connectivity index (χ4n) is 3.94. The lowest BCUT2D eigenvalue weighted by atomic mass is 10.1. The van der Waals surface area contributed by atoms with Crippen LogP contribution in [0.1, 0.15) is 34.3 Å². The number of pyridine rings is 2. The quantitative estimate of drug-likeness (QED) is 0.515. The van der Waals surface area contributed by atoms with Crippen molar-refractivity contribution in [2.24, 2.45) is 5.73 Å². The Morgan fingerprint density at radius 2 is 2.09 bits per heavy atom. The molecule has 0 aliphatic carbocycles. The summed E-state index contributed by atoms with van der Waals surface area (Å²) in [4.78, 5) is 30.2. The summed E-state index contributed by atoms with van der Waals surface area (Å²) < 4.78 is 20.0. The molecule has 1 aliphatic rings. The van der Waals surface area contributed by atoms with Crippen molar-refractivity contribution in [3.63, 3.8) is 0 Å². The van der Waals surface area contributed by atoms with E-state index in [9.17, 15) is 19.1 Å². The van der Waals surface area contributed by atoms with Crippen LogP contribution >= 0.6 is 0 Å². The van der Waals surface area contributed by atoms with Gasteiger partial charge in [-0.1, -0.05) is 12.1 Å². The van der Waals surface area contributed by atoms with E-state index in [1.54, 1.807) is 24.4 Å². The Morgan fingerprint density at radius 3 is 2.78 bits per heavy atom. The van der Waals surface area contributed by atoms with Crippen LogP contribution in [0.15, 0.2) is 41.3 Å². The van der Waals surface area contributed by atoms with Gasteiger partial charge in [0.1, 0.15) is 16.9 Å². The predicted molar refractivity (Wildman–Crippen MR) is 117 cm³/mol. The third-order valence-electron chi connectivity index (χ3n) is 5.55. The summed E-state index contributed by atoms with van der Waals surface area (Å²) in [6, 6.07) is 7.83. The second-order valence-corrected chi connectivity index (χ2v) is 7.83. The molecule has 0 saturated carbocycles. The molecule has 0 radical (unpaired) electrons. The molecule has 1 unspecified atom stereocenters. The largest absolute Gasteiger partial charge is 0.505 e. The molecule has 8 nitrogen and oxygen atoms in total. The van der Waals surface area contributed by atoms with E-state index in [-0.39, 0.29) is 42.6 Å². The standard InChI is InChI=1S/C23H25FN4O4/c24-16-5-3-14(4-6-16)10-15-11-18-20(26-12-15)21(29)19(23(31)28(18)8-7-25)22(30)27-13-17-2-1-9-32-17/h3-6,11-12,17,29H,1-2,7-10,13,25H2,(H,27,30). The highest BCUT2D eigenvalue weighted by Gasteiger charge is 2.24. The van der Waals surface area contributed by atoms with Gasteiger partial charge in [-0.15, -0.1) is 0 Å². The van der Waals surface area contributed by atoms with Crippen LogP contribution in [0.3, 0.4) is 0 Å². The lowest BCUT2D eigenvalue weighted by Gasteiger charge is -2.16. The Labute approximate surface area is 183 Å². The summed E-state index contributed by atoms with van der Waals surface area (Å²) >= 11 is 0. The molecule has 1 aliphatic heterocycles. The molecule has 168 valence electrons. The monoisotopic (exact) mass is 440 g/mol. The van der Waals surface area contributed by atoms with Crippen molar-refractivity contribution in [1.82, 2.24) is 14.9 Å². The van der Waals surface area contributed by atoms with Gasteiger partial charge >= 0.3 is 0 Å². The van der Waals surface area contributed by atoms with E-state index in [1.165, 1.54) is 16.7 Å². The lowest BCUT2D eigenvalue weighted by Crippen LogP contribution is -2.37. The van der Waals surface area contributed by atoms with Crippen LogP contribution in [0.25, 0.3) is 11.0 Å². The molecule has 32 heavy (non-hydrogen) atoms. The summed E-state index contributed by atoms with van der Waals surface area (Å²) in [5.74, 6) is -1.46. The Hall–Kier alpha value is -3.30. The fraction of sp³-hybridized carbons (Fsp3) is 0.348. The van der Waals surface area contributed by atoms with Crippen LogP contribution in [0, 0.1) is 5.82 Å². The number of aromatic hydroxyl groups is 1. The van der Waals surface area contributed by atoms with E-state index in [2.05, 4.69) is 10.3 Å². The molecule has 0 bridgehead atoms. The maximum Gasteiger partial charge on any atom is 0.267 e. The van der Waals surface area contributed by atoms with Gasteiger partial charge in [0, 0.05) is 32.4 Å². The molecule has 1 fully saturated rings. The molecule has 2 aromatic heterocycles. The number of ether oxygens (including phenoxy) is 1. The summed E-state index contributed by atoms with van der Waals surface area (Å²) in [5.41, 5.74) is 6.88. The first-order chi connectivity index (χ1) is 15.5. The normalized spacial score (nSPS) is 15.9. The molecule has 9 heteroatoms. The van der Waals surface area contributed by atoms with Crippen molar-refractivity contribution in [1.29, 1.82) is 0 Å². The van der Waals surface area contributed by atoms with Crippen LogP contribution in [0.2, 0.25) is 0 Å². The van der Waals surface area contributed by atoms with E-state index >= 15 is 0 Å². The lowest BCUT2D eigenvalue weighted by molar-refractivity contribution is 0.0854. The van der Waals surface area contributed by atoms with E-state index in [4.69, 9.17) is 10.5 Å². The van der Waals surface area contributed by atoms with Crippen LogP contribution in [-0.4, -0.2) is 46.4 Å². The van der Waals surface area contributed by atoms with Crippen LogP contribution in [0.5, 0.6) is 5.75 Å². The Bertz CT molecular complexity index is 1190. The molecule has 1 aromatic carbocycles. The Morgan fingerprint density at radius 1 is 1.31 bits per heavy atom. The van der Waals surface area contributed by atoms with Crippen molar-refractivity contribution in [3.8, 4) is 5.75 Å². The zero-order valence-corrected chi connectivity index (χ0v) is 17.5. The topological polar surface area (TPSA) is 119 Å². The highest BCUT2D eigenvalue weighted by Crippen LogP contribution is 2.26. The fourth-order valence-corrected chi connectivity index (χ4v) is 3.94. The highest BCUT2D eigenvalue weighted by atomic mass is 19.1. The van der Waals surface area contributed by atoms with Gasteiger partial charge in [-0.25, -0.2) is 4.39 Å². The molecule has 3 heterocycles. The smallest absolute Gasteiger partial charge is 0.267 e. The number of carbonyl (C=O) groups is 1. The maximum absolute atomic E-state index is 13.2. The molecule has 0 spiro atoms. The molecule has 1 saturated heterocycles. The van der Waals surface area contributed by atoms with Gasteiger partial charge in [0.15, 0.2) is 5.75 Å². The number of hydrogen-bond acceptors (Lipinski definition) is 6. The number of nitrogens with one attached hydrogen (secondary N) is 1. The van der Waals surface area contributed by atoms with Crippen LogP contribution < -0.4 is 16.6 Å². The number of aromatic nitrogens is 2. The summed E-state index contributed by atoms with van der Waals surface area (Å²) in [6.45, 7) is 1.23. The third kappa shape index (κ3) is 4.49. The van der Waals surface area contributed by atoms with Crippen molar-refractivity contribution >= 4 is 16.9 Å². The summed E-state index contributed by atoms with van der Waals surface area (Å²) in [5, 5.41) is 13.4. The van der Waals surface area contributed by atoms with E-state index < -0.39 is 17.2 Å². The maximum atomic E-state index is 13.2. The molecule has 3 aromatic rings. The zero-order chi connectivity index (χ0) is 22.7. The Kier molecular flexibility index (Phi) is 6.48. The highest BCUT2D eigenvalue weighted by molar-refractivity contribution is 6.01. The minimum absolute atomic E-state index is 0.0973. The number of amides is 1. The zero-order valence-electron chi connectivity index (χ0n) is 17.5. The molecule has 1 atom stereocenters. The Balaban J connectivity index is 1.70. The van der Waals surface area contributed by atoms with Crippen molar-refractivity contribution in [2.45, 2.75) is 31.9 Å². The van der Waals surface area contributed by atoms with Crippen LogP contribution in [0.4, 0.5) is 4.39 Å². The van der Waals surface area contributed by atoms with E-state index in [0.717, 1.165) is 24.0 Å². The summed E-state index contributed by atoms with van der Waals surface area (Å²) in [7, 11) is 0. The number of fused-ring (bicyclic) bond motifs is 1. The van der Waals surface area contributed by atoms with Gasteiger partial charge in [0.25, 0.3) is 11.5 Å². The second-order valence-electron chi connectivity index (χ2n) is 7.83. The van der Waals surface area contributed by atoms with Gasteiger partial charge in [-0.05, 0) is 48.6 Å². The average Bonchev–Trinajstić information content (AvgIpc) is 3.30. The third-order valence-corrected chi connectivity index (χ3v) is 5.55. The van der Waals surface area contributed by atoms with E-state index in [1.807, 2.05) is 0 Å². The molecule has 1 amide bonds. The van der Waals surface area contributed by atoms with Gasteiger partial charge < -0.3 is 25.5 Å². The molecule has 4 N–H and O–H groups in total. The average molecular weight is 440 g/mol.